The third-order valence-corrected chi connectivity index (χ3v) is 5.23. The molecule has 0 aliphatic rings. The van der Waals surface area contributed by atoms with Crippen LogP contribution in [0.3, 0.4) is 0 Å². The maximum atomic E-state index is 12.7. The van der Waals surface area contributed by atoms with Crippen molar-refractivity contribution in [1.29, 1.82) is 0 Å². The third-order valence-electron chi connectivity index (χ3n) is 3.80. The fraction of sp³-hybridized carbons (Fsp3) is 0.300. The lowest BCUT2D eigenvalue weighted by molar-refractivity contribution is -0.148. The number of benzene rings is 2. The summed E-state index contributed by atoms with van der Waals surface area (Å²) >= 11 is 0. The van der Waals surface area contributed by atoms with Crippen LogP contribution in [0.5, 0.6) is 0 Å². The number of ether oxygens (including phenoxy) is 2. The molecule has 0 aliphatic heterocycles. The molecule has 2 rings (SSSR count). The molecule has 0 saturated carbocycles. The SMILES string of the molecule is COC(=O)C(Cc1ccccc1)OP(C)(=O)CNC(=O)OCc1ccccc1. The van der Waals surface area contributed by atoms with Crippen LogP contribution >= 0.6 is 7.37 Å². The summed E-state index contributed by atoms with van der Waals surface area (Å²) < 4.78 is 28.1. The Balaban J connectivity index is 1.87. The zero-order valence-electron chi connectivity index (χ0n) is 15.9. The van der Waals surface area contributed by atoms with Crippen LogP contribution in [-0.2, 0) is 36.4 Å². The number of carbonyl (C=O) groups excluding carboxylic acids is 2. The highest BCUT2D eigenvalue weighted by atomic mass is 31.2. The van der Waals surface area contributed by atoms with Crippen LogP contribution in [0.4, 0.5) is 4.79 Å². The van der Waals surface area contributed by atoms with Crippen molar-refractivity contribution in [2.24, 2.45) is 0 Å². The van der Waals surface area contributed by atoms with Gasteiger partial charge in [-0.15, -0.1) is 0 Å². The van der Waals surface area contributed by atoms with Crippen LogP contribution in [0.2, 0.25) is 0 Å². The number of esters is 1. The van der Waals surface area contributed by atoms with Crippen LogP contribution < -0.4 is 5.32 Å². The minimum absolute atomic E-state index is 0.0976. The Hall–Kier alpha value is -2.63. The Kier molecular flexibility index (Phi) is 8.23. The van der Waals surface area contributed by atoms with Gasteiger partial charge in [-0.1, -0.05) is 60.7 Å². The second-order valence-electron chi connectivity index (χ2n) is 6.22. The van der Waals surface area contributed by atoms with E-state index < -0.39 is 25.5 Å². The molecular weight excluding hydrogens is 381 g/mol. The molecule has 2 atom stereocenters. The number of nitrogens with one attached hydrogen (secondary N) is 1. The van der Waals surface area contributed by atoms with Gasteiger partial charge in [-0.3, -0.25) is 4.57 Å². The van der Waals surface area contributed by atoms with Crippen molar-refractivity contribution in [3.05, 3.63) is 71.8 Å². The van der Waals surface area contributed by atoms with Crippen molar-refractivity contribution in [1.82, 2.24) is 5.32 Å². The molecule has 7 nitrogen and oxygen atoms in total. The fourth-order valence-electron chi connectivity index (χ4n) is 2.41. The highest BCUT2D eigenvalue weighted by Crippen LogP contribution is 2.43. The molecule has 2 aromatic carbocycles. The number of carbonyl (C=O) groups is 2. The van der Waals surface area contributed by atoms with Gasteiger partial charge in [0, 0.05) is 13.1 Å². The van der Waals surface area contributed by atoms with E-state index in [0.717, 1.165) is 11.1 Å². The highest BCUT2D eigenvalue weighted by Gasteiger charge is 2.29. The molecule has 0 spiro atoms. The first kappa shape index (κ1) is 21.7. The Morgan fingerprint density at radius 3 is 2.14 bits per heavy atom. The van der Waals surface area contributed by atoms with Crippen molar-refractivity contribution < 1.29 is 28.2 Å². The van der Waals surface area contributed by atoms with Crippen LogP contribution in [0.1, 0.15) is 11.1 Å². The molecule has 0 aliphatic carbocycles. The normalized spacial score (nSPS) is 13.8. The van der Waals surface area contributed by atoms with Crippen LogP contribution in [0, 0.1) is 0 Å². The first-order valence-electron chi connectivity index (χ1n) is 8.71. The summed E-state index contributed by atoms with van der Waals surface area (Å²) in [6.07, 6.45) is -1.80. The molecule has 8 heteroatoms. The molecule has 2 aromatic rings. The second-order valence-corrected chi connectivity index (χ2v) is 8.77. The van der Waals surface area contributed by atoms with Crippen molar-refractivity contribution in [3.63, 3.8) is 0 Å². The molecule has 2 unspecified atom stereocenters. The van der Waals surface area contributed by atoms with E-state index in [2.05, 4.69) is 5.32 Å². The van der Waals surface area contributed by atoms with E-state index in [0.29, 0.717) is 0 Å². The maximum Gasteiger partial charge on any atom is 0.407 e. The van der Waals surface area contributed by atoms with Gasteiger partial charge in [0.05, 0.1) is 13.4 Å². The molecule has 0 saturated heterocycles. The fourth-order valence-corrected chi connectivity index (χ4v) is 3.60. The number of hydrogen-bond donors (Lipinski definition) is 1. The average Bonchev–Trinajstić information content (AvgIpc) is 2.71. The van der Waals surface area contributed by atoms with Gasteiger partial charge in [0.2, 0.25) is 7.37 Å². The minimum atomic E-state index is -3.31. The Morgan fingerprint density at radius 2 is 1.57 bits per heavy atom. The molecule has 0 bridgehead atoms. The van der Waals surface area contributed by atoms with Crippen molar-refractivity contribution in [3.8, 4) is 0 Å². The molecule has 1 amide bonds. The summed E-state index contributed by atoms with van der Waals surface area (Å²) in [4.78, 5) is 23.8. The summed E-state index contributed by atoms with van der Waals surface area (Å²) in [6.45, 7) is 1.45. The molecule has 28 heavy (non-hydrogen) atoms. The van der Waals surface area contributed by atoms with Gasteiger partial charge in [-0.25, -0.2) is 9.59 Å². The summed E-state index contributed by atoms with van der Waals surface area (Å²) in [5, 5.41) is 2.42. The van der Waals surface area contributed by atoms with Gasteiger partial charge in [0.25, 0.3) is 0 Å². The zero-order valence-corrected chi connectivity index (χ0v) is 16.8. The molecule has 0 fully saturated rings. The molecule has 0 aromatic heterocycles. The van der Waals surface area contributed by atoms with Crippen LogP contribution in [0.15, 0.2) is 60.7 Å². The lowest BCUT2D eigenvalue weighted by atomic mass is 10.1. The predicted molar refractivity (Wildman–Crippen MR) is 105 cm³/mol. The van der Waals surface area contributed by atoms with E-state index in [-0.39, 0.29) is 19.3 Å². The molecule has 0 heterocycles. The largest absolute Gasteiger partial charge is 0.467 e. The van der Waals surface area contributed by atoms with Gasteiger partial charge in [0.15, 0.2) is 6.10 Å². The highest BCUT2D eigenvalue weighted by molar-refractivity contribution is 7.58. The molecular formula is C20H24NO6P. The van der Waals surface area contributed by atoms with E-state index in [9.17, 15) is 14.2 Å². The third kappa shape index (κ3) is 7.55. The smallest absolute Gasteiger partial charge is 0.407 e. The van der Waals surface area contributed by atoms with Crippen LogP contribution in [0.25, 0.3) is 0 Å². The van der Waals surface area contributed by atoms with E-state index in [1.165, 1.54) is 13.8 Å². The van der Waals surface area contributed by atoms with Gasteiger partial charge in [0.1, 0.15) is 6.61 Å². The number of hydrogen-bond acceptors (Lipinski definition) is 6. The first-order chi connectivity index (χ1) is 13.4. The van der Waals surface area contributed by atoms with E-state index in [1.54, 1.807) is 0 Å². The lowest BCUT2D eigenvalue weighted by Crippen LogP contribution is -2.30. The minimum Gasteiger partial charge on any atom is -0.467 e. The second kappa shape index (κ2) is 10.6. The van der Waals surface area contributed by atoms with Gasteiger partial charge >= 0.3 is 12.1 Å². The Morgan fingerprint density at radius 1 is 1.00 bits per heavy atom. The average molecular weight is 405 g/mol. The number of amides is 1. The van der Waals surface area contributed by atoms with E-state index >= 15 is 0 Å². The summed E-state index contributed by atoms with van der Waals surface area (Å²) in [7, 11) is -2.08. The topological polar surface area (TPSA) is 90.9 Å². The molecule has 0 radical (unpaired) electrons. The lowest BCUT2D eigenvalue weighted by Gasteiger charge is -2.21. The van der Waals surface area contributed by atoms with Gasteiger partial charge in [-0.2, -0.15) is 0 Å². The summed E-state index contributed by atoms with van der Waals surface area (Å²) in [5.74, 6) is -0.627. The monoisotopic (exact) mass is 405 g/mol. The van der Waals surface area contributed by atoms with Crippen molar-refractivity contribution in [2.45, 2.75) is 19.1 Å². The summed E-state index contributed by atoms with van der Waals surface area (Å²) in [5.41, 5.74) is 1.68. The number of methoxy groups -OCH3 is 1. The Labute approximate surface area is 164 Å². The molecule has 1 N–H and O–H groups in total. The van der Waals surface area contributed by atoms with Gasteiger partial charge in [-0.05, 0) is 11.1 Å². The number of rotatable bonds is 9. The standard InChI is InChI=1S/C20H24NO6P/c1-25-19(22)18(13-16-9-5-3-6-10-16)27-28(2,24)15-21-20(23)26-14-17-11-7-4-8-12-17/h3-12,18H,13-15H2,1-2H3,(H,21,23). The zero-order chi connectivity index (χ0) is 20.4. The van der Waals surface area contributed by atoms with E-state index in [1.807, 2.05) is 60.7 Å². The number of alkyl carbamates (subject to hydrolysis) is 1. The quantitative estimate of drug-likeness (QED) is 0.507. The van der Waals surface area contributed by atoms with Crippen molar-refractivity contribution in [2.75, 3.05) is 20.1 Å². The van der Waals surface area contributed by atoms with Crippen LogP contribution in [-0.4, -0.2) is 38.2 Å². The predicted octanol–water partition coefficient (Wildman–Crippen LogP) is 3.58. The van der Waals surface area contributed by atoms with E-state index in [4.69, 9.17) is 14.0 Å². The molecule has 150 valence electrons. The maximum absolute atomic E-state index is 12.7. The first-order valence-corrected chi connectivity index (χ1v) is 11.0. The summed E-state index contributed by atoms with van der Waals surface area (Å²) in [6, 6.07) is 18.4. The van der Waals surface area contributed by atoms with Crippen molar-refractivity contribution >= 4 is 19.4 Å². The Bertz CT molecular complexity index is 812. The van der Waals surface area contributed by atoms with Gasteiger partial charge < -0.3 is 19.3 Å².